The first-order valence-corrected chi connectivity index (χ1v) is 7.58. The standard InChI is InChI=1S/C15H27N3/c1-3-10-16-14(13-8-9-13)6-5-7-15-17-11-12-18(15)4-2/h11-14,16H,3-10H2,1-2H3. The molecule has 1 aromatic rings. The van der Waals surface area contributed by atoms with E-state index in [0.717, 1.165) is 24.9 Å². The molecule has 1 fully saturated rings. The van der Waals surface area contributed by atoms with Gasteiger partial charge in [-0.15, -0.1) is 0 Å². The summed E-state index contributed by atoms with van der Waals surface area (Å²) in [5, 5.41) is 3.71. The van der Waals surface area contributed by atoms with Gasteiger partial charge in [-0.3, -0.25) is 0 Å². The number of aromatic nitrogens is 2. The summed E-state index contributed by atoms with van der Waals surface area (Å²) >= 11 is 0. The van der Waals surface area contributed by atoms with E-state index in [1.165, 1.54) is 44.5 Å². The number of hydrogen-bond donors (Lipinski definition) is 1. The minimum atomic E-state index is 0.759. The zero-order valence-electron chi connectivity index (χ0n) is 11.9. The van der Waals surface area contributed by atoms with Crippen molar-refractivity contribution in [2.24, 2.45) is 5.92 Å². The Hall–Kier alpha value is -0.830. The molecule has 0 aliphatic heterocycles. The van der Waals surface area contributed by atoms with Crippen molar-refractivity contribution >= 4 is 0 Å². The van der Waals surface area contributed by atoms with Crippen molar-refractivity contribution in [3.63, 3.8) is 0 Å². The minimum absolute atomic E-state index is 0.759. The lowest BCUT2D eigenvalue weighted by Gasteiger charge is -2.17. The second-order valence-corrected chi connectivity index (χ2v) is 5.42. The highest BCUT2D eigenvalue weighted by Gasteiger charge is 2.30. The second kappa shape index (κ2) is 6.93. The van der Waals surface area contributed by atoms with Gasteiger partial charge in [0.05, 0.1) is 0 Å². The van der Waals surface area contributed by atoms with E-state index in [1.54, 1.807) is 0 Å². The summed E-state index contributed by atoms with van der Waals surface area (Å²) in [7, 11) is 0. The van der Waals surface area contributed by atoms with E-state index < -0.39 is 0 Å². The second-order valence-electron chi connectivity index (χ2n) is 5.42. The fraction of sp³-hybridized carbons (Fsp3) is 0.800. The van der Waals surface area contributed by atoms with Gasteiger partial charge in [0.25, 0.3) is 0 Å². The number of rotatable bonds is 9. The van der Waals surface area contributed by atoms with E-state index in [-0.39, 0.29) is 0 Å². The van der Waals surface area contributed by atoms with E-state index in [0.29, 0.717) is 0 Å². The van der Waals surface area contributed by atoms with Gasteiger partial charge in [-0.1, -0.05) is 6.92 Å². The van der Waals surface area contributed by atoms with Gasteiger partial charge in [0.1, 0.15) is 5.82 Å². The van der Waals surface area contributed by atoms with Crippen LogP contribution in [0.2, 0.25) is 0 Å². The number of nitrogens with zero attached hydrogens (tertiary/aromatic N) is 2. The summed E-state index contributed by atoms with van der Waals surface area (Å²) < 4.78 is 2.26. The Morgan fingerprint density at radius 2 is 2.28 bits per heavy atom. The van der Waals surface area contributed by atoms with E-state index in [2.05, 4.69) is 34.9 Å². The van der Waals surface area contributed by atoms with Crippen LogP contribution in [0.15, 0.2) is 12.4 Å². The normalized spacial score (nSPS) is 17.0. The maximum absolute atomic E-state index is 4.45. The highest BCUT2D eigenvalue weighted by Crippen LogP contribution is 2.34. The molecule has 3 nitrogen and oxygen atoms in total. The zero-order valence-corrected chi connectivity index (χ0v) is 11.9. The van der Waals surface area contributed by atoms with Crippen LogP contribution in [0, 0.1) is 5.92 Å². The molecule has 1 saturated carbocycles. The third kappa shape index (κ3) is 3.84. The van der Waals surface area contributed by atoms with Crippen LogP contribution in [-0.2, 0) is 13.0 Å². The number of hydrogen-bond acceptors (Lipinski definition) is 2. The Balaban J connectivity index is 1.72. The van der Waals surface area contributed by atoms with Crippen LogP contribution in [-0.4, -0.2) is 22.1 Å². The molecule has 1 unspecified atom stereocenters. The Labute approximate surface area is 111 Å². The summed E-state index contributed by atoms with van der Waals surface area (Å²) in [5.74, 6) is 2.21. The quantitative estimate of drug-likeness (QED) is 0.729. The average Bonchev–Trinajstić information content (AvgIpc) is 3.13. The summed E-state index contributed by atoms with van der Waals surface area (Å²) in [4.78, 5) is 4.45. The van der Waals surface area contributed by atoms with Crippen molar-refractivity contribution in [2.75, 3.05) is 6.54 Å². The van der Waals surface area contributed by atoms with Crippen molar-refractivity contribution < 1.29 is 0 Å². The van der Waals surface area contributed by atoms with E-state index in [9.17, 15) is 0 Å². The molecule has 3 heteroatoms. The molecule has 0 aromatic carbocycles. The van der Waals surface area contributed by atoms with Gasteiger partial charge in [0.2, 0.25) is 0 Å². The SMILES string of the molecule is CCCNC(CCCc1nccn1CC)C1CC1. The lowest BCUT2D eigenvalue weighted by atomic mass is 10.0. The topological polar surface area (TPSA) is 29.9 Å². The van der Waals surface area contributed by atoms with Crippen LogP contribution in [0.25, 0.3) is 0 Å². The number of imidazole rings is 1. The molecule has 0 bridgehead atoms. The highest BCUT2D eigenvalue weighted by atomic mass is 15.0. The molecule has 0 radical (unpaired) electrons. The van der Waals surface area contributed by atoms with Gasteiger partial charge < -0.3 is 9.88 Å². The molecule has 0 saturated heterocycles. The molecule has 1 aromatic heterocycles. The van der Waals surface area contributed by atoms with Gasteiger partial charge in [-0.05, 0) is 51.5 Å². The molecule has 1 N–H and O–H groups in total. The van der Waals surface area contributed by atoms with Crippen LogP contribution in [0.1, 0.15) is 51.8 Å². The lowest BCUT2D eigenvalue weighted by molar-refractivity contribution is 0.422. The number of nitrogens with one attached hydrogen (secondary N) is 1. The van der Waals surface area contributed by atoms with E-state index >= 15 is 0 Å². The fourth-order valence-corrected chi connectivity index (χ4v) is 2.67. The van der Waals surface area contributed by atoms with Crippen LogP contribution in [0.3, 0.4) is 0 Å². The predicted molar refractivity (Wildman–Crippen MR) is 75.6 cm³/mol. The third-order valence-corrected chi connectivity index (χ3v) is 3.91. The molecular formula is C15H27N3. The molecule has 0 spiro atoms. The van der Waals surface area contributed by atoms with Gasteiger partial charge in [-0.2, -0.15) is 0 Å². The average molecular weight is 249 g/mol. The molecular weight excluding hydrogens is 222 g/mol. The van der Waals surface area contributed by atoms with Crippen molar-refractivity contribution in [3.05, 3.63) is 18.2 Å². The van der Waals surface area contributed by atoms with Crippen molar-refractivity contribution in [1.29, 1.82) is 0 Å². The van der Waals surface area contributed by atoms with Gasteiger partial charge in [-0.25, -0.2) is 4.98 Å². The largest absolute Gasteiger partial charge is 0.335 e. The first-order chi connectivity index (χ1) is 8.85. The molecule has 18 heavy (non-hydrogen) atoms. The minimum Gasteiger partial charge on any atom is -0.335 e. The molecule has 1 aliphatic rings. The van der Waals surface area contributed by atoms with Crippen LogP contribution in [0.5, 0.6) is 0 Å². The molecule has 1 heterocycles. The Kier molecular flexibility index (Phi) is 5.24. The molecule has 2 rings (SSSR count). The summed E-state index contributed by atoms with van der Waals surface area (Å²) in [6.45, 7) is 6.64. The smallest absolute Gasteiger partial charge is 0.108 e. The zero-order chi connectivity index (χ0) is 12.8. The fourth-order valence-electron chi connectivity index (χ4n) is 2.67. The maximum atomic E-state index is 4.45. The lowest BCUT2D eigenvalue weighted by Crippen LogP contribution is -2.31. The monoisotopic (exact) mass is 249 g/mol. The molecule has 1 aliphatic carbocycles. The van der Waals surface area contributed by atoms with Crippen LogP contribution >= 0.6 is 0 Å². The predicted octanol–water partition coefficient (Wildman–Crippen LogP) is 3.00. The highest BCUT2D eigenvalue weighted by molar-refractivity contribution is 4.93. The van der Waals surface area contributed by atoms with Crippen molar-refractivity contribution in [3.8, 4) is 0 Å². The summed E-state index contributed by atoms with van der Waals surface area (Å²) in [6.07, 6.45) is 11.8. The van der Waals surface area contributed by atoms with Gasteiger partial charge in [0.15, 0.2) is 0 Å². The van der Waals surface area contributed by atoms with Crippen molar-refractivity contribution in [2.45, 2.75) is 65.0 Å². The first-order valence-electron chi connectivity index (χ1n) is 7.58. The van der Waals surface area contributed by atoms with Gasteiger partial charge >= 0.3 is 0 Å². The number of aryl methyl sites for hydroxylation is 2. The van der Waals surface area contributed by atoms with Crippen LogP contribution < -0.4 is 5.32 Å². The van der Waals surface area contributed by atoms with Gasteiger partial charge in [0, 0.05) is 31.4 Å². The summed E-state index contributed by atoms with van der Waals surface area (Å²) in [5.41, 5.74) is 0. The molecule has 102 valence electrons. The first kappa shape index (κ1) is 13.6. The maximum Gasteiger partial charge on any atom is 0.108 e. The Bertz CT molecular complexity index is 341. The van der Waals surface area contributed by atoms with Crippen LogP contribution in [0.4, 0.5) is 0 Å². The van der Waals surface area contributed by atoms with E-state index in [4.69, 9.17) is 0 Å². The Morgan fingerprint density at radius 1 is 1.44 bits per heavy atom. The van der Waals surface area contributed by atoms with E-state index in [1.807, 2.05) is 6.20 Å². The third-order valence-electron chi connectivity index (χ3n) is 3.91. The Morgan fingerprint density at radius 3 is 2.94 bits per heavy atom. The van der Waals surface area contributed by atoms with Crippen molar-refractivity contribution in [1.82, 2.24) is 14.9 Å². The molecule has 0 amide bonds. The molecule has 1 atom stereocenters. The summed E-state index contributed by atoms with van der Waals surface area (Å²) in [6, 6.07) is 0.759.